The second kappa shape index (κ2) is 6.08. The van der Waals surface area contributed by atoms with Crippen molar-refractivity contribution in [1.29, 1.82) is 0 Å². The Bertz CT molecular complexity index is 321. The van der Waals surface area contributed by atoms with E-state index in [9.17, 15) is 0 Å². The van der Waals surface area contributed by atoms with Crippen LogP contribution in [0.4, 0.5) is 0 Å². The third-order valence-electron chi connectivity index (χ3n) is 3.33. The molecular formula is C13H18BrNS. The molecule has 2 rings (SSSR count). The molecule has 1 aliphatic rings. The van der Waals surface area contributed by atoms with Gasteiger partial charge in [0.15, 0.2) is 0 Å². The Hall–Kier alpha value is 0.01000. The van der Waals surface area contributed by atoms with Gasteiger partial charge in [0.2, 0.25) is 0 Å². The van der Waals surface area contributed by atoms with Gasteiger partial charge in [0.25, 0.3) is 0 Å². The van der Waals surface area contributed by atoms with Gasteiger partial charge in [-0.25, -0.2) is 0 Å². The Balaban J connectivity index is 1.83. The van der Waals surface area contributed by atoms with Crippen molar-refractivity contribution in [3.63, 3.8) is 0 Å². The molecule has 0 aromatic heterocycles. The highest BCUT2D eigenvalue weighted by Crippen LogP contribution is 2.32. The Labute approximate surface area is 111 Å². The van der Waals surface area contributed by atoms with Gasteiger partial charge in [0.05, 0.1) is 0 Å². The zero-order chi connectivity index (χ0) is 11.4. The summed E-state index contributed by atoms with van der Waals surface area (Å²) in [5.41, 5.74) is 0. The molecule has 1 fully saturated rings. The maximum atomic E-state index is 3.46. The summed E-state index contributed by atoms with van der Waals surface area (Å²) in [7, 11) is 2.09. The lowest BCUT2D eigenvalue weighted by Crippen LogP contribution is -2.39. The molecule has 0 saturated heterocycles. The van der Waals surface area contributed by atoms with Crippen molar-refractivity contribution in [2.24, 2.45) is 5.92 Å². The summed E-state index contributed by atoms with van der Waals surface area (Å²) in [4.78, 5) is 1.36. The van der Waals surface area contributed by atoms with E-state index >= 15 is 0 Å². The topological polar surface area (TPSA) is 12.0 Å². The summed E-state index contributed by atoms with van der Waals surface area (Å²) in [5, 5.41) is 3.46. The van der Waals surface area contributed by atoms with Crippen LogP contribution in [-0.4, -0.2) is 18.8 Å². The van der Waals surface area contributed by atoms with E-state index in [1.165, 1.54) is 29.9 Å². The molecule has 0 amide bonds. The summed E-state index contributed by atoms with van der Waals surface area (Å²) < 4.78 is 1.15. The number of nitrogens with one attached hydrogen (secondary N) is 1. The number of rotatable bonds is 5. The molecule has 0 bridgehead atoms. The molecule has 0 heterocycles. The largest absolute Gasteiger partial charge is 0.316 e. The minimum atomic E-state index is 0.683. The van der Waals surface area contributed by atoms with E-state index in [1.807, 2.05) is 11.8 Å². The lowest BCUT2D eigenvalue weighted by Gasteiger charge is -2.33. The molecule has 88 valence electrons. The molecule has 1 nitrogen and oxygen atoms in total. The van der Waals surface area contributed by atoms with E-state index < -0.39 is 0 Å². The van der Waals surface area contributed by atoms with Gasteiger partial charge in [-0.05, 0) is 50.1 Å². The average Bonchev–Trinajstić information content (AvgIpc) is 2.23. The Kier molecular flexibility index (Phi) is 4.74. The van der Waals surface area contributed by atoms with Crippen LogP contribution in [0, 0.1) is 5.92 Å². The van der Waals surface area contributed by atoms with Gasteiger partial charge in [0.1, 0.15) is 0 Å². The lowest BCUT2D eigenvalue weighted by molar-refractivity contribution is 0.252. The van der Waals surface area contributed by atoms with E-state index in [-0.39, 0.29) is 0 Å². The van der Waals surface area contributed by atoms with Crippen molar-refractivity contribution in [1.82, 2.24) is 5.32 Å². The average molecular weight is 300 g/mol. The number of benzene rings is 1. The van der Waals surface area contributed by atoms with Gasteiger partial charge in [-0.2, -0.15) is 0 Å². The first-order valence-corrected chi connectivity index (χ1v) is 7.63. The van der Waals surface area contributed by atoms with Crippen LogP contribution in [0.2, 0.25) is 0 Å². The molecule has 1 unspecified atom stereocenters. The number of halogens is 1. The maximum absolute atomic E-state index is 3.46. The molecule has 1 atom stereocenters. The summed E-state index contributed by atoms with van der Waals surface area (Å²) in [5.74, 6) is 2.09. The molecule has 0 spiro atoms. The first-order valence-electron chi connectivity index (χ1n) is 5.85. The lowest BCUT2D eigenvalue weighted by atomic mass is 9.80. The summed E-state index contributed by atoms with van der Waals surface area (Å²) in [6.45, 7) is 0. The van der Waals surface area contributed by atoms with Crippen molar-refractivity contribution in [3.8, 4) is 0 Å². The summed E-state index contributed by atoms with van der Waals surface area (Å²) >= 11 is 5.42. The molecule has 16 heavy (non-hydrogen) atoms. The SMILES string of the molecule is CNC(CSc1ccc(Br)cc1)C1CCC1. The fourth-order valence-corrected chi connectivity index (χ4v) is 3.42. The zero-order valence-electron chi connectivity index (χ0n) is 9.58. The molecule has 1 aromatic rings. The number of hydrogen-bond acceptors (Lipinski definition) is 2. The number of hydrogen-bond donors (Lipinski definition) is 1. The molecule has 1 aromatic carbocycles. The monoisotopic (exact) mass is 299 g/mol. The van der Waals surface area contributed by atoms with Crippen LogP contribution in [0.15, 0.2) is 33.6 Å². The van der Waals surface area contributed by atoms with Crippen molar-refractivity contribution in [2.75, 3.05) is 12.8 Å². The third-order valence-corrected chi connectivity index (χ3v) is 4.99. The van der Waals surface area contributed by atoms with E-state index in [0.29, 0.717) is 6.04 Å². The standard InChI is InChI=1S/C13H18BrNS/c1-15-13(10-3-2-4-10)9-16-12-7-5-11(14)6-8-12/h5-8,10,13,15H,2-4,9H2,1H3. The van der Waals surface area contributed by atoms with Crippen molar-refractivity contribution >= 4 is 27.7 Å². The van der Waals surface area contributed by atoms with Crippen LogP contribution in [-0.2, 0) is 0 Å². The highest BCUT2D eigenvalue weighted by Gasteiger charge is 2.25. The Morgan fingerprint density at radius 1 is 1.38 bits per heavy atom. The van der Waals surface area contributed by atoms with Gasteiger partial charge < -0.3 is 5.32 Å². The van der Waals surface area contributed by atoms with Crippen LogP contribution >= 0.6 is 27.7 Å². The second-order valence-corrected chi connectivity index (χ2v) is 6.36. The van der Waals surface area contributed by atoms with E-state index in [2.05, 4.69) is 52.6 Å². The molecule has 1 saturated carbocycles. The predicted molar refractivity (Wildman–Crippen MR) is 75.1 cm³/mol. The van der Waals surface area contributed by atoms with E-state index in [0.717, 1.165) is 10.4 Å². The smallest absolute Gasteiger partial charge is 0.0186 e. The summed E-state index contributed by atoms with van der Waals surface area (Å²) in [6.07, 6.45) is 4.24. The first kappa shape index (κ1) is 12.5. The normalized spacial score (nSPS) is 18.1. The van der Waals surface area contributed by atoms with E-state index in [4.69, 9.17) is 0 Å². The predicted octanol–water partition coefficient (Wildman–Crippen LogP) is 3.93. The van der Waals surface area contributed by atoms with Crippen LogP contribution in [0.3, 0.4) is 0 Å². The molecule has 0 radical (unpaired) electrons. The fraction of sp³-hybridized carbons (Fsp3) is 0.538. The molecule has 1 N–H and O–H groups in total. The highest BCUT2D eigenvalue weighted by atomic mass is 79.9. The van der Waals surface area contributed by atoms with Crippen LogP contribution in [0.5, 0.6) is 0 Å². The van der Waals surface area contributed by atoms with E-state index in [1.54, 1.807) is 0 Å². The third kappa shape index (κ3) is 3.25. The van der Waals surface area contributed by atoms with Crippen LogP contribution < -0.4 is 5.32 Å². The minimum absolute atomic E-state index is 0.683. The van der Waals surface area contributed by atoms with Crippen molar-refractivity contribution < 1.29 is 0 Å². The van der Waals surface area contributed by atoms with Gasteiger partial charge in [0, 0.05) is 21.2 Å². The second-order valence-electron chi connectivity index (χ2n) is 4.35. The zero-order valence-corrected chi connectivity index (χ0v) is 12.0. The summed E-state index contributed by atoms with van der Waals surface area (Å²) in [6, 6.07) is 9.27. The van der Waals surface area contributed by atoms with Gasteiger partial charge >= 0.3 is 0 Å². The Morgan fingerprint density at radius 2 is 2.06 bits per heavy atom. The van der Waals surface area contributed by atoms with Crippen LogP contribution in [0.1, 0.15) is 19.3 Å². The highest BCUT2D eigenvalue weighted by molar-refractivity contribution is 9.10. The van der Waals surface area contributed by atoms with Gasteiger partial charge in [-0.3, -0.25) is 0 Å². The molecule has 0 aliphatic heterocycles. The molecule has 1 aliphatic carbocycles. The minimum Gasteiger partial charge on any atom is -0.316 e. The molecular weight excluding hydrogens is 282 g/mol. The van der Waals surface area contributed by atoms with Crippen LogP contribution in [0.25, 0.3) is 0 Å². The van der Waals surface area contributed by atoms with Crippen molar-refractivity contribution in [2.45, 2.75) is 30.2 Å². The quantitative estimate of drug-likeness (QED) is 0.827. The Morgan fingerprint density at radius 3 is 2.56 bits per heavy atom. The fourth-order valence-electron chi connectivity index (χ4n) is 2.01. The molecule has 3 heteroatoms. The van der Waals surface area contributed by atoms with Crippen molar-refractivity contribution in [3.05, 3.63) is 28.7 Å². The van der Waals surface area contributed by atoms with Gasteiger partial charge in [-0.1, -0.05) is 22.4 Å². The number of thioether (sulfide) groups is 1. The first-order chi connectivity index (χ1) is 7.79. The maximum Gasteiger partial charge on any atom is 0.0186 e. The van der Waals surface area contributed by atoms with Gasteiger partial charge in [-0.15, -0.1) is 11.8 Å².